The van der Waals surface area contributed by atoms with Gasteiger partial charge in [-0.3, -0.25) is 0 Å². The van der Waals surface area contributed by atoms with Crippen LogP contribution in [-0.2, 0) is 0 Å². The Balaban J connectivity index is 2.32. The first-order valence-electron chi connectivity index (χ1n) is 5.15. The largest absolute Gasteiger partial charge is 0.324 e. The molecule has 0 aliphatic rings. The summed E-state index contributed by atoms with van der Waals surface area (Å²) >= 11 is 0. The third-order valence-corrected chi connectivity index (χ3v) is 2.35. The fourth-order valence-electron chi connectivity index (χ4n) is 1.49. The van der Waals surface area contributed by atoms with Crippen LogP contribution >= 0.6 is 0 Å². The highest BCUT2D eigenvalue weighted by molar-refractivity contribution is 5.18. The molecule has 0 fully saturated rings. The molecule has 2 N–H and O–H groups in total. The highest BCUT2D eigenvalue weighted by atomic mass is 15.0. The fraction of sp³-hybridized carbons (Fsp3) is 0.500. The zero-order valence-electron chi connectivity index (χ0n) is 9.11. The molecule has 0 saturated carbocycles. The zero-order valence-corrected chi connectivity index (χ0v) is 9.11. The maximum atomic E-state index is 6.06. The summed E-state index contributed by atoms with van der Waals surface area (Å²) in [6, 6.07) is 10.5. The van der Waals surface area contributed by atoms with Gasteiger partial charge in [0.2, 0.25) is 0 Å². The maximum absolute atomic E-state index is 6.06. The maximum Gasteiger partial charge on any atom is 0.0295 e. The highest BCUT2D eigenvalue weighted by Crippen LogP contribution is 2.14. The van der Waals surface area contributed by atoms with Gasteiger partial charge in [-0.1, -0.05) is 30.3 Å². The molecule has 0 bridgehead atoms. The number of benzene rings is 1. The molecule has 0 saturated heterocycles. The molecular weight excluding hydrogens is 172 g/mol. The monoisotopic (exact) mass is 192 g/mol. The summed E-state index contributed by atoms with van der Waals surface area (Å²) in [5, 5.41) is 0. The van der Waals surface area contributed by atoms with Gasteiger partial charge in [-0.25, -0.2) is 0 Å². The molecule has 78 valence electrons. The smallest absolute Gasteiger partial charge is 0.0295 e. The van der Waals surface area contributed by atoms with Crippen LogP contribution in [0.4, 0.5) is 0 Å². The Morgan fingerprint density at radius 1 is 1.21 bits per heavy atom. The minimum absolute atomic E-state index is 0.191. The molecular formula is C12H20N2. The standard InChI is InChI=1S/C12H20N2/c1-14(2)10-6-9-12(13)11-7-4-3-5-8-11/h3-5,7-8,12H,6,9-10,13H2,1-2H3/t12-/m0/s1. The van der Waals surface area contributed by atoms with Crippen molar-refractivity contribution in [2.24, 2.45) is 5.73 Å². The second kappa shape index (κ2) is 5.78. The summed E-state index contributed by atoms with van der Waals surface area (Å²) in [4.78, 5) is 2.19. The molecule has 14 heavy (non-hydrogen) atoms. The molecule has 0 aliphatic heterocycles. The first kappa shape index (κ1) is 11.2. The second-order valence-corrected chi connectivity index (χ2v) is 3.96. The van der Waals surface area contributed by atoms with Gasteiger partial charge in [0.1, 0.15) is 0 Å². The third kappa shape index (κ3) is 3.90. The van der Waals surface area contributed by atoms with Gasteiger partial charge in [-0.2, -0.15) is 0 Å². The Kier molecular flexibility index (Phi) is 4.63. The lowest BCUT2D eigenvalue weighted by molar-refractivity contribution is 0.386. The Hall–Kier alpha value is -0.860. The topological polar surface area (TPSA) is 29.3 Å². The van der Waals surface area contributed by atoms with Crippen molar-refractivity contribution in [2.45, 2.75) is 18.9 Å². The summed E-state index contributed by atoms with van der Waals surface area (Å²) in [6.45, 7) is 1.11. The minimum Gasteiger partial charge on any atom is -0.324 e. The van der Waals surface area contributed by atoms with Crippen LogP contribution in [0.15, 0.2) is 30.3 Å². The molecule has 0 radical (unpaired) electrons. The molecule has 0 amide bonds. The van der Waals surface area contributed by atoms with Crippen molar-refractivity contribution >= 4 is 0 Å². The first-order chi connectivity index (χ1) is 6.70. The van der Waals surface area contributed by atoms with E-state index in [2.05, 4.69) is 31.1 Å². The lowest BCUT2D eigenvalue weighted by Crippen LogP contribution is -2.16. The van der Waals surface area contributed by atoms with E-state index in [0.717, 1.165) is 19.4 Å². The van der Waals surface area contributed by atoms with Crippen molar-refractivity contribution in [3.05, 3.63) is 35.9 Å². The van der Waals surface area contributed by atoms with Crippen molar-refractivity contribution in [2.75, 3.05) is 20.6 Å². The van der Waals surface area contributed by atoms with Crippen molar-refractivity contribution < 1.29 is 0 Å². The number of nitrogens with zero attached hydrogens (tertiary/aromatic N) is 1. The van der Waals surface area contributed by atoms with Crippen LogP contribution in [0.5, 0.6) is 0 Å². The van der Waals surface area contributed by atoms with E-state index in [1.54, 1.807) is 0 Å². The van der Waals surface area contributed by atoms with Crippen molar-refractivity contribution in [1.82, 2.24) is 4.90 Å². The molecule has 0 aliphatic carbocycles. The van der Waals surface area contributed by atoms with Gasteiger partial charge in [0.15, 0.2) is 0 Å². The van der Waals surface area contributed by atoms with E-state index >= 15 is 0 Å². The molecule has 1 aromatic rings. The zero-order chi connectivity index (χ0) is 10.4. The summed E-state index contributed by atoms with van der Waals surface area (Å²) in [5.74, 6) is 0. The van der Waals surface area contributed by atoms with Crippen LogP contribution in [0.25, 0.3) is 0 Å². The lowest BCUT2D eigenvalue weighted by Gasteiger charge is -2.14. The van der Waals surface area contributed by atoms with Gasteiger partial charge in [0.25, 0.3) is 0 Å². The Bertz CT molecular complexity index is 244. The summed E-state index contributed by atoms with van der Waals surface area (Å²) in [5.41, 5.74) is 7.30. The second-order valence-electron chi connectivity index (χ2n) is 3.96. The minimum atomic E-state index is 0.191. The van der Waals surface area contributed by atoms with Crippen LogP contribution in [-0.4, -0.2) is 25.5 Å². The van der Waals surface area contributed by atoms with E-state index in [9.17, 15) is 0 Å². The van der Waals surface area contributed by atoms with Gasteiger partial charge < -0.3 is 10.6 Å². The van der Waals surface area contributed by atoms with Gasteiger partial charge in [0.05, 0.1) is 0 Å². The molecule has 2 nitrogen and oxygen atoms in total. The van der Waals surface area contributed by atoms with Crippen LogP contribution in [0.2, 0.25) is 0 Å². The van der Waals surface area contributed by atoms with Crippen LogP contribution in [0.1, 0.15) is 24.4 Å². The summed E-state index contributed by atoms with van der Waals surface area (Å²) in [6.07, 6.45) is 2.21. The highest BCUT2D eigenvalue weighted by Gasteiger charge is 2.04. The van der Waals surface area contributed by atoms with E-state index in [-0.39, 0.29) is 6.04 Å². The molecule has 0 heterocycles. The SMILES string of the molecule is CN(C)CCC[C@H](N)c1ccccc1. The average Bonchev–Trinajstić information content (AvgIpc) is 2.18. The quantitative estimate of drug-likeness (QED) is 0.773. The first-order valence-corrected chi connectivity index (χ1v) is 5.15. The molecule has 1 rings (SSSR count). The van der Waals surface area contributed by atoms with Gasteiger partial charge >= 0.3 is 0 Å². The number of hydrogen-bond acceptors (Lipinski definition) is 2. The molecule has 2 heteroatoms. The van der Waals surface area contributed by atoms with E-state index in [0.29, 0.717) is 0 Å². The number of nitrogens with two attached hydrogens (primary N) is 1. The van der Waals surface area contributed by atoms with E-state index in [1.807, 2.05) is 18.2 Å². The van der Waals surface area contributed by atoms with Gasteiger partial charge in [0, 0.05) is 6.04 Å². The Morgan fingerprint density at radius 2 is 1.86 bits per heavy atom. The Labute approximate surface area is 86.7 Å². The third-order valence-electron chi connectivity index (χ3n) is 2.35. The van der Waals surface area contributed by atoms with E-state index in [1.165, 1.54) is 5.56 Å². The summed E-state index contributed by atoms with van der Waals surface area (Å²) in [7, 11) is 4.18. The number of hydrogen-bond donors (Lipinski definition) is 1. The predicted octanol–water partition coefficient (Wildman–Crippen LogP) is 2.03. The lowest BCUT2D eigenvalue weighted by atomic mass is 10.0. The van der Waals surface area contributed by atoms with Crippen molar-refractivity contribution in [1.29, 1.82) is 0 Å². The fourth-order valence-corrected chi connectivity index (χ4v) is 1.49. The average molecular weight is 192 g/mol. The van der Waals surface area contributed by atoms with Crippen LogP contribution < -0.4 is 5.73 Å². The Morgan fingerprint density at radius 3 is 2.43 bits per heavy atom. The van der Waals surface area contributed by atoms with E-state index < -0.39 is 0 Å². The summed E-state index contributed by atoms with van der Waals surface area (Å²) < 4.78 is 0. The van der Waals surface area contributed by atoms with Gasteiger partial charge in [-0.05, 0) is 39.0 Å². The molecule has 0 spiro atoms. The predicted molar refractivity (Wildman–Crippen MR) is 61.2 cm³/mol. The van der Waals surface area contributed by atoms with Gasteiger partial charge in [-0.15, -0.1) is 0 Å². The molecule has 1 aromatic carbocycles. The van der Waals surface area contributed by atoms with Crippen LogP contribution in [0, 0.1) is 0 Å². The molecule has 0 aromatic heterocycles. The normalized spacial score (nSPS) is 13.1. The number of rotatable bonds is 5. The van der Waals surface area contributed by atoms with Crippen LogP contribution in [0.3, 0.4) is 0 Å². The molecule has 0 unspecified atom stereocenters. The van der Waals surface area contributed by atoms with Crippen molar-refractivity contribution in [3.8, 4) is 0 Å². The van der Waals surface area contributed by atoms with E-state index in [4.69, 9.17) is 5.73 Å². The van der Waals surface area contributed by atoms with Crippen molar-refractivity contribution in [3.63, 3.8) is 0 Å². The molecule has 1 atom stereocenters.